The normalized spacial score (nSPS) is 13.5. The lowest BCUT2D eigenvalue weighted by atomic mass is 10.2. The molecule has 1 atom stereocenters. The molecule has 0 aromatic heterocycles. The van der Waals surface area contributed by atoms with Gasteiger partial charge in [-0.1, -0.05) is 30.3 Å². The van der Waals surface area contributed by atoms with Gasteiger partial charge in [0.25, 0.3) is 0 Å². The predicted molar refractivity (Wildman–Crippen MR) is 65.0 cm³/mol. The minimum Gasteiger partial charge on any atom is -0.394 e. The van der Waals surface area contributed by atoms with Crippen LogP contribution in [0.5, 0.6) is 0 Å². The molecule has 0 amide bonds. The predicted octanol–water partition coefficient (Wildman–Crippen LogP) is -0.498. The molecule has 5 nitrogen and oxygen atoms in total. The molecule has 1 aromatic rings. The van der Waals surface area contributed by atoms with Crippen LogP contribution < -0.4 is 4.72 Å². The van der Waals surface area contributed by atoms with Crippen LogP contribution in [0, 0.1) is 0 Å². The lowest BCUT2D eigenvalue weighted by Crippen LogP contribution is -2.35. The van der Waals surface area contributed by atoms with Crippen molar-refractivity contribution in [2.75, 3.05) is 18.9 Å². The Kier molecular flexibility index (Phi) is 5.57. The summed E-state index contributed by atoms with van der Waals surface area (Å²) >= 11 is 0. The van der Waals surface area contributed by atoms with Crippen molar-refractivity contribution in [1.82, 2.24) is 4.72 Å². The molecule has 3 N–H and O–H groups in total. The Morgan fingerprint density at radius 1 is 1.24 bits per heavy atom. The summed E-state index contributed by atoms with van der Waals surface area (Å²) in [6, 6.07) is 9.29. The zero-order chi connectivity index (χ0) is 12.7. The highest BCUT2D eigenvalue weighted by Gasteiger charge is 2.12. The van der Waals surface area contributed by atoms with E-state index >= 15 is 0 Å². The lowest BCUT2D eigenvalue weighted by Gasteiger charge is -2.09. The van der Waals surface area contributed by atoms with E-state index in [4.69, 9.17) is 10.2 Å². The summed E-state index contributed by atoms with van der Waals surface area (Å²) in [5, 5.41) is 17.6. The van der Waals surface area contributed by atoms with Crippen LogP contribution in [0.25, 0.3) is 0 Å². The number of nitrogens with one attached hydrogen (secondary N) is 1. The summed E-state index contributed by atoms with van der Waals surface area (Å²) in [7, 11) is -3.41. The minimum absolute atomic E-state index is 0.0326. The average Bonchev–Trinajstić information content (AvgIpc) is 2.35. The maximum Gasteiger partial charge on any atom is 0.212 e. The Balaban J connectivity index is 2.40. The smallest absolute Gasteiger partial charge is 0.212 e. The first-order chi connectivity index (χ1) is 8.03. The van der Waals surface area contributed by atoms with E-state index in [0.29, 0.717) is 6.42 Å². The molecule has 96 valence electrons. The molecule has 0 saturated heterocycles. The number of benzene rings is 1. The molecular weight excluding hydrogens is 242 g/mol. The quantitative estimate of drug-likeness (QED) is 0.616. The van der Waals surface area contributed by atoms with Crippen molar-refractivity contribution in [3.05, 3.63) is 35.9 Å². The number of hydrogen-bond acceptors (Lipinski definition) is 4. The molecule has 0 aliphatic rings. The molecule has 0 bridgehead atoms. The van der Waals surface area contributed by atoms with E-state index in [9.17, 15) is 8.42 Å². The molecule has 0 fully saturated rings. The van der Waals surface area contributed by atoms with E-state index in [0.717, 1.165) is 5.56 Å². The van der Waals surface area contributed by atoms with Crippen LogP contribution in [0.2, 0.25) is 0 Å². The second kappa shape index (κ2) is 6.70. The third-order valence-electron chi connectivity index (χ3n) is 2.25. The highest BCUT2D eigenvalue weighted by molar-refractivity contribution is 7.89. The van der Waals surface area contributed by atoms with Crippen LogP contribution in [0.3, 0.4) is 0 Å². The van der Waals surface area contributed by atoms with Crippen molar-refractivity contribution in [1.29, 1.82) is 0 Å². The molecule has 1 aromatic carbocycles. The van der Waals surface area contributed by atoms with Crippen LogP contribution >= 0.6 is 0 Å². The summed E-state index contributed by atoms with van der Waals surface area (Å²) in [4.78, 5) is 0. The van der Waals surface area contributed by atoms with Gasteiger partial charge in [0.1, 0.15) is 0 Å². The number of hydrogen-bond donors (Lipinski definition) is 3. The van der Waals surface area contributed by atoms with Crippen molar-refractivity contribution < 1.29 is 18.6 Å². The van der Waals surface area contributed by atoms with Gasteiger partial charge in [0.15, 0.2) is 0 Å². The Morgan fingerprint density at radius 2 is 1.88 bits per heavy atom. The van der Waals surface area contributed by atoms with Gasteiger partial charge in [-0.3, -0.25) is 0 Å². The fourth-order valence-electron chi connectivity index (χ4n) is 1.26. The third-order valence-corrected chi connectivity index (χ3v) is 3.60. The monoisotopic (exact) mass is 259 g/mol. The van der Waals surface area contributed by atoms with Crippen molar-refractivity contribution >= 4 is 10.0 Å². The minimum atomic E-state index is -3.41. The van der Waals surface area contributed by atoms with Gasteiger partial charge in [0.05, 0.1) is 18.5 Å². The van der Waals surface area contributed by atoms with Crippen LogP contribution in [-0.4, -0.2) is 43.6 Å². The van der Waals surface area contributed by atoms with Crippen LogP contribution in [0.1, 0.15) is 5.56 Å². The van der Waals surface area contributed by atoms with E-state index < -0.39 is 22.7 Å². The Bertz CT molecular complexity index is 418. The number of rotatable bonds is 7. The van der Waals surface area contributed by atoms with Crippen molar-refractivity contribution in [2.45, 2.75) is 12.5 Å². The Labute approximate surface area is 101 Å². The van der Waals surface area contributed by atoms with Crippen LogP contribution in [-0.2, 0) is 16.4 Å². The van der Waals surface area contributed by atoms with Gasteiger partial charge in [-0.25, -0.2) is 13.1 Å². The Morgan fingerprint density at radius 3 is 2.47 bits per heavy atom. The van der Waals surface area contributed by atoms with E-state index in [1.165, 1.54) is 0 Å². The van der Waals surface area contributed by atoms with E-state index in [-0.39, 0.29) is 12.3 Å². The fourth-order valence-corrected chi connectivity index (χ4v) is 2.35. The largest absolute Gasteiger partial charge is 0.394 e. The Hall–Kier alpha value is -0.950. The van der Waals surface area contributed by atoms with Gasteiger partial charge in [-0.2, -0.15) is 0 Å². The topological polar surface area (TPSA) is 86.6 Å². The van der Waals surface area contributed by atoms with Crippen LogP contribution in [0.4, 0.5) is 0 Å². The van der Waals surface area contributed by atoms with Gasteiger partial charge < -0.3 is 10.2 Å². The maximum atomic E-state index is 11.5. The standard InChI is InChI=1S/C11H17NO4S/c13-9-11(14)8-12-17(15,16)7-6-10-4-2-1-3-5-10/h1-5,11-14H,6-9H2. The van der Waals surface area contributed by atoms with Gasteiger partial charge in [0.2, 0.25) is 10.0 Å². The highest BCUT2D eigenvalue weighted by atomic mass is 32.2. The molecule has 0 heterocycles. The SMILES string of the molecule is O=S(=O)(CCc1ccccc1)NCC(O)CO. The maximum absolute atomic E-state index is 11.5. The lowest BCUT2D eigenvalue weighted by molar-refractivity contribution is 0.0988. The van der Waals surface area contributed by atoms with Gasteiger partial charge in [-0.15, -0.1) is 0 Å². The molecule has 17 heavy (non-hydrogen) atoms. The number of aryl methyl sites for hydroxylation is 1. The molecule has 1 unspecified atom stereocenters. The van der Waals surface area contributed by atoms with Crippen LogP contribution in [0.15, 0.2) is 30.3 Å². The summed E-state index contributed by atoms with van der Waals surface area (Å²) in [6.45, 7) is -0.616. The highest BCUT2D eigenvalue weighted by Crippen LogP contribution is 2.01. The number of aliphatic hydroxyl groups is 2. The molecule has 0 spiro atoms. The number of aliphatic hydroxyl groups excluding tert-OH is 2. The zero-order valence-corrected chi connectivity index (χ0v) is 10.2. The molecule has 1 rings (SSSR count). The summed E-state index contributed by atoms with van der Waals surface area (Å²) < 4.78 is 25.3. The third kappa shape index (κ3) is 5.78. The first-order valence-corrected chi connectivity index (χ1v) is 6.99. The molecule has 6 heteroatoms. The van der Waals surface area contributed by atoms with Crippen molar-refractivity contribution in [3.63, 3.8) is 0 Å². The second-order valence-corrected chi connectivity index (χ2v) is 5.67. The van der Waals surface area contributed by atoms with E-state index in [1.807, 2.05) is 30.3 Å². The van der Waals surface area contributed by atoms with E-state index in [2.05, 4.69) is 4.72 Å². The molecule has 0 radical (unpaired) electrons. The molecule has 0 saturated carbocycles. The zero-order valence-electron chi connectivity index (χ0n) is 9.41. The van der Waals surface area contributed by atoms with Crippen molar-refractivity contribution in [3.8, 4) is 0 Å². The van der Waals surface area contributed by atoms with Gasteiger partial charge in [0, 0.05) is 6.54 Å². The average molecular weight is 259 g/mol. The van der Waals surface area contributed by atoms with Crippen molar-refractivity contribution in [2.24, 2.45) is 0 Å². The summed E-state index contributed by atoms with van der Waals surface area (Å²) in [6.07, 6.45) is -0.632. The fraction of sp³-hybridized carbons (Fsp3) is 0.455. The van der Waals surface area contributed by atoms with Gasteiger partial charge in [-0.05, 0) is 12.0 Å². The van der Waals surface area contributed by atoms with Gasteiger partial charge >= 0.3 is 0 Å². The molecular formula is C11H17NO4S. The summed E-state index contributed by atoms with van der Waals surface area (Å²) in [5.41, 5.74) is 0.945. The summed E-state index contributed by atoms with van der Waals surface area (Å²) in [5.74, 6) is -0.0326. The number of sulfonamides is 1. The first kappa shape index (κ1) is 14.1. The molecule has 0 aliphatic carbocycles. The second-order valence-electron chi connectivity index (χ2n) is 3.74. The molecule has 0 aliphatic heterocycles. The first-order valence-electron chi connectivity index (χ1n) is 5.33. The van der Waals surface area contributed by atoms with E-state index in [1.54, 1.807) is 0 Å².